The zero-order valence-corrected chi connectivity index (χ0v) is 11.9. The number of amides is 1. The van der Waals surface area contributed by atoms with Crippen LogP contribution in [-0.2, 0) is 0 Å². The van der Waals surface area contributed by atoms with Crippen molar-refractivity contribution in [3.63, 3.8) is 0 Å². The lowest BCUT2D eigenvalue weighted by molar-refractivity contribution is 0.0947. The Morgan fingerprint density at radius 3 is 2.74 bits per heavy atom. The molecule has 4 nitrogen and oxygen atoms in total. The highest BCUT2D eigenvalue weighted by atomic mass is 32.1. The van der Waals surface area contributed by atoms with Crippen LogP contribution in [0.3, 0.4) is 0 Å². The molecule has 0 unspecified atom stereocenters. The smallest absolute Gasteiger partial charge is 0.271 e. The van der Waals surface area contributed by atoms with Gasteiger partial charge in [0.1, 0.15) is 5.69 Å². The number of carbonyl (C=O) groups excluding carboxylic acids is 1. The first kappa shape index (κ1) is 13.7. The van der Waals surface area contributed by atoms with Crippen molar-refractivity contribution in [1.29, 1.82) is 0 Å². The number of nitrogens with one attached hydrogen (secondary N) is 1. The molecule has 2 aromatic rings. The minimum Gasteiger partial charge on any atom is -0.349 e. The summed E-state index contributed by atoms with van der Waals surface area (Å²) < 4.78 is 0. The summed E-state index contributed by atoms with van der Waals surface area (Å²) in [5.41, 5.74) is 3.25. The molecule has 1 aromatic heterocycles. The maximum atomic E-state index is 12.1. The third-order valence-corrected chi connectivity index (χ3v) is 3.54. The molecule has 0 aliphatic heterocycles. The van der Waals surface area contributed by atoms with Crippen LogP contribution in [0.25, 0.3) is 10.4 Å². The van der Waals surface area contributed by atoms with Crippen molar-refractivity contribution in [2.45, 2.75) is 0 Å². The second-order valence-electron chi connectivity index (χ2n) is 4.46. The Balaban J connectivity index is 2.09. The Hall–Kier alpha value is -1.72. The van der Waals surface area contributed by atoms with Crippen LogP contribution in [0.2, 0.25) is 0 Å². The van der Waals surface area contributed by atoms with Crippen LogP contribution >= 0.6 is 11.3 Å². The molecule has 1 N–H and O–H groups in total. The molecule has 0 saturated carbocycles. The molecule has 5 heteroatoms. The normalized spacial score (nSPS) is 10.7. The van der Waals surface area contributed by atoms with Gasteiger partial charge in [0.15, 0.2) is 0 Å². The van der Waals surface area contributed by atoms with Gasteiger partial charge in [0.05, 0.1) is 10.4 Å². The summed E-state index contributed by atoms with van der Waals surface area (Å²) in [4.78, 5) is 19.2. The number of benzene rings is 1. The zero-order chi connectivity index (χ0) is 13.7. The zero-order valence-electron chi connectivity index (χ0n) is 11.1. The van der Waals surface area contributed by atoms with Gasteiger partial charge < -0.3 is 10.2 Å². The minimum absolute atomic E-state index is 0.109. The van der Waals surface area contributed by atoms with Gasteiger partial charge in [0.25, 0.3) is 5.91 Å². The average Bonchev–Trinajstić information content (AvgIpc) is 2.88. The van der Waals surface area contributed by atoms with Gasteiger partial charge in [-0.15, -0.1) is 11.3 Å². The predicted octanol–water partition coefficient (Wildman–Crippen LogP) is 2.10. The first-order valence-corrected chi connectivity index (χ1v) is 6.98. The van der Waals surface area contributed by atoms with Crippen molar-refractivity contribution >= 4 is 17.2 Å². The monoisotopic (exact) mass is 275 g/mol. The quantitative estimate of drug-likeness (QED) is 0.909. The van der Waals surface area contributed by atoms with Crippen LogP contribution in [0.1, 0.15) is 10.5 Å². The number of rotatable bonds is 5. The van der Waals surface area contributed by atoms with Crippen LogP contribution in [0.4, 0.5) is 0 Å². The maximum Gasteiger partial charge on any atom is 0.271 e. The third-order valence-electron chi connectivity index (χ3n) is 2.66. The van der Waals surface area contributed by atoms with Gasteiger partial charge in [0.2, 0.25) is 0 Å². The maximum absolute atomic E-state index is 12.1. The Kier molecular flexibility index (Phi) is 4.65. The van der Waals surface area contributed by atoms with Crippen molar-refractivity contribution in [3.05, 3.63) is 41.5 Å². The third kappa shape index (κ3) is 3.62. The van der Waals surface area contributed by atoms with Gasteiger partial charge in [-0.3, -0.25) is 4.79 Å². The molecule has 2 rings (SSSR count). The van der Waals surface area contributed by atoms with Crippen LogP contribution in [-0.4, -0.2) is 43.0 Å². The van der Waals surface area contributed by atoms with Gasteiger partial charge in [-0.25, -0.2) is 4.98 Å². The number of aromatic nitrogens is 1. The molecule has 0 aliphatic rings. The van der Waals surface area contributed by atoms with Gasteiger partial charge in [-0.2, -0.15) is 0 Å². The largest absolute Gasteiger partial charge is 0.349 e. The van der Waals surface area contributed by atoms with E-state index in [1.165, 1.54) is 11.3 Å². The highest BCUT2D eigenvalue weighted by Crippen LogP contribution is 2.27. The molecule has 1 aromatic carbocycles. The molecule has 100 valence electrons. The Labute approximate surface area is 117 Å². The van der Waals surface area contributed by atoms with E-state index in [0.717, 1.165) is 17.0 Å². The highest BCUT2D eigenvalue weighted by molar-refractivity contribution is 7.13. The molecule has 0 bridgehead atoms. The summed E-state index contributed by atoms with van der Waals surface area (Å²) in [7, 11) is 3.95. The van der Waals surface area contributed by atoms with E-state index >= 15 is 0 Å². The summed E-state index contributed by atoms with van der Waals surface area (Å²) in [6.45, 7) is 1.44. The number of hydrogen-bond donors (Lipinski definition) is 1. The van der Waals surface area contributed by atoms with E-state index in [4.69, 9.17) is 0 Å². The van der Waals surface area contributed by atoms with Gasteiger partial charge in [0, 0.05) is 13.1 Å². The van der Waals surface area contributed by atoms with E-state index < -0.39 is 0 Å². The van der Waals surface area contributed by atoms with Crippen LogP contribution in [0, 0.1) is 0 Å². The molecule has 0 spiro atoms. The fourth-order valence-corrected chi connectivity index (χ4v) is 2.47. The molecule has 0 atom stereocenters. The van der Waals surface area contributed by atoms with Crippen molar-refractivity contribution in [2.75, 3.05) is 27.2 Å². The van der Waals surface area contributed by atoms with Gasteiger partial charge in [-0.05, 0) is 19.7 Å². The summed E-state index contributed by atoms with van der Waals surface area (Å²) in [6.07, 6.45) is 0. The summed E-state index contributed by atoms with van der Waals surface area (Å²) in [5, 5.41) is 2.89. The first-order chi connectivity index (χ1) is 9.18. The fourth-order valence-electron chi connectivity index (χ4n) is 1.68. The van der Waals surface area contributed by atoms with Crippen molar-refractivity contribution in [2.24, 2.45) is 0 Å². The fraction of sp³-hybridized carbons (Fsp3) is 0.286. The van der Waals surface area contributed by atoms with Crippen molar-refractivity contribution < 1.29 is 4.79 Å². The molecule has 1 amide bonds. The van der Waals surface area contributed by atoms with Crippen LogP contribution in [0.5, 0.6) is 0 Å². The van der Waals surface area contributed by atoms with E-state index in [0.29, 0.717) is 12.2 Å². The SMILES string of the molecule is CN(C)CCNC(=O)c1ncsc1-c1ccccc1. The Bertz CT molecular complexity index is 537. The minimum atomic E-state index is -0.109. The number of hydrogen-bond acceptors (Lipinski definition) is 4. The Morgan fingerprint density at radius 1 is 1.32 bits per heavy atom. The molecular formula is C14H17N3OS. The second kappa shape index (κ2) is 6.45. The second-order valence-corrected chi connectivity index (χ2v) is 5.31. The lowest BCUT2D eigenvalue weighted by atomic mass is 10.1. The number of carbonyl (C=O) groups is 1. The lowest BCUT2D eigenvalue weighted by Crippen LogP contribution is -2.31. The molecule has 0 aliphatic carbocycles. The molecule has 0 saturated heterocycles. The van der Waals surface area contributed by atoms with Crippen LogP contribution < -0.4 is 5.32 Å². The van der Waals surface area contributed by atoms with E-state index in [-0.39, 0.29) is 5.91 Å². The Morgan fingerprint density at radius 2 is 2.05 bits per heavy atom. The standard InChI is InChI=1S/C14H17N3OS/c1-17(2)9-8-15-14(18)12-13(19-10-16-12)11-6-4-3-5-7-11/h3-7,10H,8-9H2,1-2H3,(H,15,18). The van der Waals surface area contributed by atoms with Crippen molar-refractivity contribution in [3.8, 4) is 10.4 Å². The average molecular weight is 275 g/mol. The molecule has 19 heavy (non-hydrogen) atoms. The van der Waals surface area contributed by atoms with Crippen molar-refractivity contribution in [1.82, 2.24) is 15.2 Å². The highest BCUT2D eigenvalue weighted by Gasteiger charge is 2.15. The molecular weight excluding hydrogens is 258 g/mol. The van der Waals surface area contributed by atoms with Gasteiger partial charge in [-0.1, -0.05) is 30.3 Å². The summed E-state index contributed by atoms with van der Waals surface area (Å²) >= 11 is 1.49. The van der Waals surface area contributed by atoms with E-state index in [1.54, 1.807) is 5.51 Å². The predicted molar refractivity (Wildman–Crippen MR) is 78.4 cm³/mol. The van der Waals surface area contributed by atoms with E-state index in [1.807, 2.05) is 49.3 Å². The number of likely N-dealkylation sites (N-methyl/N-ethyl adjacent to an activating group) is 1. The topological polar surface area (TPSA) is 45.2 Å². The molecule has 1 heterocycles. The van der Waals surface area contributed by atoms with E-state index in [2.05, 4.69) is 10.3 Å². The van der Waals surface area contributed by atoms with Crippen LogP contribution in [0.15, 0.2) is 35.8 Å². The lowest BCUT2D eigenvalue weighted by Gasteiger charge is -2.10. The molecule has 0 radical (unpaired) electrons. The summed E-state index contributed by atoms with van der Waals surface area (Å²) in [5.74, 6) is -0.109. The first-order valence-electron chi connectivity index (χ1n) is 6.10. The summed E-state index contributed by atoms with van der Waals surface area (Å²) in [6, 6.07) is 9.86. The number of nitrogens with zero attached hydrogens (tertiary/aromatic N) is 2. The van der Waals surface area contributed by atoms with Gasteiger partial charge >= 0.3 is 0 Å². The molecule has 0 fully saturated rings. The van der Waals surface area contributed by atoms with E-state index in [9.17, 15) is 4.79 Å². The number of thiazole rings is 1.